The second kappa shape index (κ2) is 10.3. The Labute approximate surface area is 236 Å². The van der Waals surface area contributed by atoms with Crippen molar-refractivity contribution in [3.8, 4) is 22.9 Å². The predicted octanol–water partition coefficient (Wildman–Crippen LogP) is 4.86. The third-order valence-electron chi connectivity index (χ3n) is 8.82. The number of aromatic nitrogens is 7. The predicted molar refractivity (Wildman–Crippen MR) is 150 cm³/mol. The van der Waals surface area contributed by atoms with Gasteiger partial charge in [-0.3, -0.25) is 14.5 Å². The Morgan fingerprint density at radius 3 is 2.70 bits per heavy atom. The summed E-state index contributed by atoms with van der Waals surface area (Å²) in [4.78, 5) is 36.1. The minimum atomic E-state index is -0.670. The van der Waals surface area contributed by atoms with E-state index in [1.807, 2.05) is 6.07 Å². The van der Waals surface area contributed by atoms with Gasteiger partial charge in [-0.15, -0.1) is 0 Å². The summed E-state index contributed by atoms with van der Waals surface area (Å²) in [5.41, 5.74) is 2.76. The van der Waals surface area contributed by atoms with Crippen LogP contribution in [-0.2, 0) is 11.3 Å². The molecule has 3 unspecified atom stereocenters. The van der Waals surface area contributed by atoms with E-state index in [1.165, 1.54) is 25.7 Å². The summed E-state index contributed by atoms with van der Waals surface area (Å²) in [7, 11) is 0. The summed E-state index contributed by atoms with van der Waals surface area (Å²) in [5, 5.41) is 4.35. The van der Waals surface area contributed by atoms with E-state index in [2.05, 4.69) is 38.4 Å². The first-order chi connectivity index (χ1) is 19.4. The minimum Gasteiger partial charge on any atom is -0.374 e. The molecule has 1 saturated heterocycles. The number of nitrogens with zero attached hydrogens (tertiary/aromatic N) is 7. The number of imidazole rings is 1. The molecule has 0 amide bonds. The molecule has 0 aromatic carbocycles. The first-order valence-corrected chi connectivity index (χ1v) is 14.7. The maximum atomic E-state index is 11.8. The lowest BCUT2D eigenvalue weighted by molar-refractivity contribution is 0.00642. The Balaban J connectivity index is 1.46. The fourth-order valence-electron chi connectivity index (χ4n) is 6.77. The molecule has 0 spiro atoms. The molecule has 1 N–H and O–H groups in total. The standard InChI is InChI=1S/C28H33ClN8O3/c1-15-6-8-17(9-7-15)13-36-23-22(18-10-19(29)12-30-11-18)31-25(26-34-28(38)40-35-26)32-24(23)33-27(36)37-16(2)14-39-21-5-3-4-20(21)37/h10-12,15-17,20-21H,3-9,13-14H2,1-2H3,(H,34,35,38). The lowest BCUT2D eigenvalue weighted by atomic mass is 9.83. The van der Waals surface area contributed by atoms with E-state index in [1.54, 1.807) is 12.4 Å². The van der Waals surface area contributed by atoms with Crippen LogP contribution in [0.15, 0.2) is 27.8 Å². The van der Waals surface area contributed by atoms with Gasteiger partial charge < -0.3 is 14.2 Å². The second-order valence-electron chi connectivity index (χ2n) is 11.7. The van der Waals surface area contributed by atoms with Crippen molar-refractivity contribution in [1.29, 1.82) is 0 Å². The number of fused-ring (bicyclic) bond motifs is 2. The zero-order valence-corrected chi connectivity index (χ0v) is 23.5. The van der Waals surface area contributed by atoms with Gasteiger partial charge in [0.05, 0.1) is 29.8 Å². The van der Waals surface area contributed by atoms with Crippen molar-refractivity contribution in [1.82, 2.24) is 34.6 Å². The monoisotopic (exact) mass is 564 g/mol. The number of aromatic amines is 1. The number of hydrogen-bond acceptors (Lipinski definition) is 9. The van der Waals surface area contributed by atoms with Gasteiger partial charge in [-0.05, 0) is 56.9 Å². The molecule has 0 bridgehead atoms. The van der Waals surface area contributed by atoms with E-state index in [0.29, 0.717) is 28.9 Å². The van der Waals surface area contributed by atoms with E-state index < -0.39 is 5.76 Å². The van der Waals surface area contributed by atoms with E-state index in [-0.39, 0.29) is 29.8 Å². The molecule has 4 aromatic heterocycles. The van der Waals surface area contributed by atoms with Gasteiger partial charge in [0.1, 0.15) is 11.2 Å². The Bertz CT molecular complexity index is 1590. The lowest BCUT2D eigenvalue weighted by Crippen LogP contribution is -2.54. The molecular weight excluding hydrogens is 532 g/mol. The highest BCUT2D eigenvalue weighted by Gasteiger charge is 2.42. The lowest BCUT2D eigenvalue weighted by Gasteiger charge is -2.43. The van der Waals surface area contributed by atoms with Gasteiger partial charge in [0, 0.05) is 24.5 Å². The second-order valence-corrected chi connectivity index (χ2v) is 12.1. The van der Waals surface area contributed by atoms with Gasteiger partial charge in [0.2, 0.25) is 17.6 Å². The van der Waals surface area contributed by atoms with Crippen molar-refractivity contribution in [3.63, 3.8) is 0 Å². The summed E-state index contributed by atoms with van der Waals surface area (Å²) in [6.07, 6.45) is 11.6. The van der Waals surface area contributed by atoms with E-state index in [4.69, 9.17) is 35.8 Å². The Morgan fingerprint density at radius 2 is 1.93 bits per heavy atom. The molecule has 3 fully saturated rings. The molecule has 4 aromatic rings. The van der Waals surface area contributed by atoms with Gasteiger partial charge in [0.25, 0.3) is 0 Å². The molecule has 1 aliphatic heterocycles. The van der Waals surface area contributed by atoms with Crippen molar-refractivity contribution in [2.24, 2.45) is 11.8 Å². The average molecular weight is 565 g/mol. The third-order valence-corrected chi connectivity index (χ3v) is 9.03. The summed E-state index contributed by atoms with van der Waals surface area (Å²) < 4.78 is 13.3. The summed E-state index contributed by atoms with van der Waals surface area (Å²) in [5.74, 6) is 1.90. The van der Waals surface area contributed by atoms with Crippen molar-refractivity contribution in [2.75, 3.05) is 11.5 Å². The van der Waals surface area contributed by atoms with Crippen LogP contribution in [0.2, 0.25) is 5.02 Å². The maximum Gasteiger partial charge on any atom is 0.439 e. The normalized spacial score (nSPS) is 26.9. The first-order valence-electron chi connectivity index (χ1n) is 14.3. The maximum absolute atomic E-state index is 11.8. The highest BCUT2D eigenvalue weighted by atomic mass is 35.5. The number of halogens is 1. The van der Waals surface area contributed by atoms with Gasteiger partial charge >= 0.3 is 5.76 Å². The Hall–Kier alpha value is -3.31. The zero-order valence-electron chi connectivity index (χ0n) is 22.7. The highest BCUT2D eigenvalue weighted by molar-refractivity contribution is 6.30. The number of hydrogen-bond donors (Lipinski definition) is 1. The minimum absolute atomic E-state index is 0.149. The smallest absolute Gasteiger partial charge is 0.374 e. The third kappa shape index (κ3) is 4.58. The first kappa shape index (κ1) is 25.6. The topological polar surface area (TPSA) is 128 Å². The van der Waals surface area contributed by atoms with Crippen LogP contribution < -0.4 is 10.7 Å². The summed E-state index contributed by atoms with van der Waals surface area (Å²) >= 11 is 6.40. The van der Waals surface area contributed by atoms with Crippen molar-refractivity contribution in [3.05, 3.63) is 34.0 Å². The fraction of sp³-hybridized carbons (Fsp3) is 0.571. The number of pyridine rings is 1. The van der Waals surface area contributed by atoms with E-state index >= 15 is 0 Å². The molecule has 2 aliphatic carbocycles. The Morgan fingerprint density at radius 1 is 1.07 bits per heavy atom. The molecule has 40 heavy (non-hydrogen) atoms. The van der Waals surface area contributed by atoms with Gasteiger partial charge in [-0.25, -0.2) is 14.8 Å². The molecule has 0 radical (unpaired) electrons. The van der Waals surface area contributed by atoms with Crippen LogP contribution in [-0.4, -0.2) is 59.4 Å². The quantitative estimate of drug-likeness (QED) is 0.361. The number of rotatable bonds is 5. The molecule has 12 heteroatoms. The Kier molecular flexibility index (Phi) is 6.58. The SMILES string of the molecule is CC1CCC(Cn2c(N3C(C)COC4CCCC43)nc3nc(-c4noc(=O)[nH]4)nc(-c4cncc(Cl)c4)c32)CC1. The zero-order chi connectivity index (χ0) is 27.4. The van der Waals surface area contributed by atoms with E-state index in [9.17, 15) is 4.79 Å². The van der Waals surface area contributed by atoms with Gasteiger partial charge in [-0.2, -0.15) is 4.98 Å². The molecule has 7 rings (SSSR count). The van der Waals surface area contributed by atoms with Crippen LogP contribution in [0.4, 0.5) is 5.95 Å². The average Bonchev–Trinajstić information content (AvgIpc) is 3.68. The van der Waals surface area contributed by atoms with Gasteiger partial charge in [0.15, 0.2) is 5.65 Å². The molecular formula is C28H33ClN8O3. The van der Waals surface area contributed by atoms with Crippen LogP contribution in [0.25, 0.3) is 34.1 Å². The summed E-state index contributed by atoms with van der Waals surface area (Å²) in [6, 6.07) is 2.27. The number of anilines is 1. The molecule has 3 aliphatic rings. The van der Waals surface area contributed by atoms with Crippen LogP contribution in [0, 0.1) is 11.8 Å². The van der Waals surface area contributed by atoms with Crippen LogP contribution in [0.3, 0.4) is 0 Å². The summed E-state index contributed by atoms with van der Waals surface area (Å²) in [6.45, 7) is 6.04. The number of morpholine rings is 1. The van der Waals surface area contributed by atoms with Crippen molar-refractivity contribution < 1.29 is 9.26 Å². The molecule has 3 atom stereocenters. The number of H-pyrrole nitrogens is 1. The molecule has 210 valence electrons. The van der Waals surface area contributed by atoms with Crippen LogP contribution in [0.1, 0.15) is 58.8 Å². The molecule has 2 saturated carbocycles. The van der Waals surface area contributed by atoms with Crippen molar-refractivity contribution in [2.45, 2.75) is 83.5 Å². The van der Waals surface area contributed by atoms with Gasteiger partial charge in [-0.1, -0.05) is 36.5 Å². The number of nitrogens with one attached hydrogen (secondary N) is 1. The fourth-order valence-corrected chi connectivity index (χ4v) is 6.95. The van der Waals surface area contributed by atoms with E-state index in [0.717, 1.165) is 48.8 Å². The number of ether oxygens (including phenoxy) is 1. The molecule has 11 nitrogen and oxygen atoms in total. The highest BCUT2D eigenvalue weighted by Crippen LogP contribution is 2.40. The molecule has 5 heterocycles. The van der Waals surface area contributed by atoms with Crippen LogP contribution >= 0.6 is 11.6 Å². The van der Waals surface area contributed by atoms with Crippen LogP contribution in [0.5, 0.6) is 0 Å². The van der Waals surface area contributed by atoms with Crippen molar-refractivity contribution >= 4 is 28.7 Å². The largest absolute Gasteiger partial charge is 0.439 e.